The summed E-state index contributed by atoms with van der Waals surface area (Å²) >= 11 is 0. The van der Waals surface area contributed by atoms with Gasteiger partial charge in [0.05, 0.1) is 30.9 Å². The number of benzene rings is 4. The van der Waals surface area contributed by atoms with E-state index in [-0.39, 0.29) is 13.2 Å². The molecule has 1 unspecified atom stereocenters. The summed E-state index contributed by atoms with van der Waals surface area (Å²) in [6, 6.07) is 24.8. The molecule has 4 aromatic carbocycles. The molecule has 0 fully saturated rings. The topological polar surface area (TPSA) is 78.4 Å². The zero-order chi connectivity index (χ0) is 20.5. The largest absolute Gasteiger partial charge is 0.394 e. The van der Waals surface area contributed by atoms with E-state index < -0.39 is 6.10 Å². The number of hydrogen-bond donors (Lipinski definition) is 3. The third-order valence-electron chi connectivity index (χ3n) is 5.39. The van der Waals surface area contributed by atoms with Crippen molar-refractivity contribution in [3.05, 3.63) is 78.4 Å². The molecule has 0 bridgehead atoms. The maximum atomic E-state index is 9.36. The highest BCUT2D eigenvalue weighted by molar-refractivity contribution is 6.23. The standard InChI is InChI=1S/C25H22N2O3/c28-13-18(29)15-30-14-16-9-11-17(12-10-16)25-26-23-21-7-3-1-5-19(21)20-6-2-4-8-22(20)24(23)27-25/h1-12,18,28-29H,13-15H2,(H,26,27). The average molecular weight is 398 g/mol. The molecule has 1 atom stereocenters. The molecule has 5 rings (SSSR count). The number of aromatic nitrogens is 2. The fourth-order valence-electron chi connectivity index (χ4n) is 3.88. The molecular formula is C25H22N2O3. The van der Waals surface area contributed by atoms with Crippen LogP contribution in [0, 0.1) is 0 Å². The van der Waals surface area contributed by atoms with E-state index in [1.54, 1.807) is 0 Å². The number of aliphatic hydroxyl groups is 2. The maximum Gasteiger partial charge on any atom is 0.138 e. The van der Waals surface area contributed by atoms with Gasteiger partial charge in [0, 0.05) is 16.3 Å². The first kappa shape index (κ1) is 18.8. The highest BCUT2D eigenvalue weighted by Gasteiger charge is 2.13. The first-order valence-corrected chi connectivity index (χ1v) is 10.00. The first-order valence-electron chi connectivity index (χ1n) is 10.00. The molecule has 30 heavy (non-hydrogen) atoms. The van der Waals surface area contributed by atoms with Gasteiger partial charge in [-0.3, -0.25) is 0 Å². The molecule has 1 aromatic heterocycles. The van der Waals surface area contributed by atoms with Crippen molar-refractivity contribution >= 4 is 32.6 Å². The van der Waals surface area contributed by atoms with Gasteiger partial charge in [-0.15, -0.1) is 0 Å². The zero-order valence-corrected chi connectivity index (χ0v) is 16.4. The van der Waals surface area contributed by atoms with Crippen LogP contribution in [-0.2, 0) is 11.3 Å². The SMILES string of the molecule is OCC(O)COCc1ccc(-c2nc3c4ccccc4c4ccccc4c3[nH]2)cc1. The second kappa shape index (κ2) is 7.88. The van der Waals surface area contributed by atoms with Gasteiger partial charge in [0.25, 0.3) is 0 Å². The Labute approximate surface area is 173 Å². The number of rotatable bonds is 6. The number of H-pyrrole nitrogens is 1. The summed E-state index contributed by atoms with van der Waals surface area (Å²) in [5.74, 6) is 0.828. The number of nitrogens with one attached hydrogen (secondary N) is 1. The van der Waals surface area contributed by atoms with E-state index in [4.69, 9.17) is 14.8 Å². The Morgan fingerprint density at radius 3 is 2.17 bits per heavy atom. The van der Waals surface area contributed by atoms with Crippen LogP contribution in [0.15, 0.2) is 72.8 Å². The molecule has 0 saturated heterocycles. The van der Waals surface area contributed by atoms with Crippen LogP contribution in [0.5, 0.6) is 0 Å². The Hall–Kier alpha value is -3.25. The lowest BCUT2D eigenvalue weighted by atomic mass is 10.0. The third-order valence-corrected chi connectivity index (χ3v) is 5.39. The molecule has 5 heteroatoms. The smallest absolute Gasteiger partial charge is 0.138 e. The number of nitrogens with zero attached hydrogens (tertiary/aromatic N) is 1. The van der Waals surface area contributed by atoms with Crippen LogP contribution in [0.2, 0.25) is 0 Å². The number of hydrogen-bond acceptors (Lipinski definition) is 4. The van der Waals surface area contributed by atoms with Crippen LogP contribution in [-0.4, -0.2) is 39.5 Å². The van der Waals surface area contributed by atoms with E-state index in [1.165, 1.54) is 10.8 Å². The normalized spacial score (nSPS) is 12.7. The second-order valence-corrected chi connectivity index (χ2v) is 7.45. The highest BCUT2D eigenvalue weighted by Crippen LogP contribution is 2.35. The van der Waals surface area contributed by atoms with Crippen LogP contribution < -0.4 is 0 Å². The molecule has 0 radical (unpaired) electrons. The fourth-order valence-corrected chi connectivity index (χ4v) is 3.88. The van der Waals surface area contributed by atoms with Gasteiger partial charge in [0.15, 0.2) is 0 Å². The Kier molecular flexibility index (Phi) is 4.93. The minimum absolute atomic E-state index is 0.113. The van der Waals surface area contributed by atoms with Crippen molar-refractivity contribution in [2.24, 2.45) is 0 Å². The van der Waals surface area contributed by atoms with Crippen molar-refractivity contribution in [3.63, 3.8) is 0 Å². The van der Waals surface area contributed by atoms with Gasteiger partial charge in [-0.05, 0) is 16.3 Å². The second-order valence-electron chi connectivity index (χ2n) is 7.45. The minimum atomic E-state index is -0.843. The summed E-state index contributed by atoms with van der Waals surface area (Å²) < 4.78 is 5.43. The number of fused-ring (bicyclic) bond motifs is 6. The quantitative estimate of drug-likeness (QED) is 0.370. The van der Waals surface area contributed by atoms with Crippen molar-refractivity contribution in [3.8, 4) is 11.4 Å². The van der Waals surface area contributed by atoms with Gasteiger partial charge in [-0.2, -0.15) is 0 Å². The van der Waals surface area contributed by atoms with E-state index in [1.807, 2.05) is 30.3 Å². The summed E-state index contributed by atoms with van der Waals surface area (Å²) in [6.07, 6.45) is -0.843. The molecule has 0 aliphatic heterocycles. The molecule has 5 aromatic rings. The van der Waals surface area contributed by atoms with E-state index >= 15 is 0 Å². The molecule has 150 valence electrons. The molecule has 1 heterocycles. The predicted molar refractivity (Wildman–Crippen MR) is 119 cm³/mol. The number of ether oxygens (including phenoxy) is 1. The summed E-state index contributed by atoms with van der Waals surface area (Å²) in [4.78, 5) is 8.47. The van der Waals surface area contributed by atoms with E-state index in [2.05, 4.69) is 47.4 Å². The van der Waals surface area contributed by atoms with Crippen LogP contribution in [0.3, 0.4) is 0 Å². The summed E-state index contributed by atoms with van der Waals surface area (Å²) in [5, 5.41) is 22.9. The summed E-state index contributed by atoms with van der Waals surface area (Å²) in [5.41, 5.74) is 4.02. The van der Waals surface area contributed by atoms with Crippen LogP contribution >= 0.6 is 0 Å². The monoisotopic (exact) mass is 398 g/mol. The molecule has 0 saturated carbocycles. The van der Waals surface area contributed by atoms with Crippen LogP contribution in [0.25, 0.3) is 44.0 Å². The van der Waals surface area contributed by atoms with E-state index in [0.29, 0.717) is 6.61 Å². The van der Waals surface area contributed by atoms with Gasteiger partial charge in [0.1, 0.15) is 11.9 Å². The first-order chi connectivity index (χ1) is 14.7. The number of imidazole rings is 1. The average Bonchev–Trinajstić information content (AvgIpc) is 3.25. The molecular weight excluding hydrogens is 376 g/mol. The van der Waals surface area contributed by atoms with Crippen molar-refractivity contribution in [1.82, 2.24) is 9.97 Å². The lowest BCUT2D eigenvalue weighted by Gasteiger charge is -2.08. The van der Waals surface area contributed by atoms with E-state index in [0.717, 1.165) is 38.8 Å². The van der Waals surface area contributed by atoms with Gasteiger partial charge >= 0.3 is 0 Å². The predicted octanol–water partition coefficient (Wildman–Crippen LogP) is 4.41. The number of aromatic amines is 1. The molecule has 5 nitrogen and oxygen atoms in total. The lowest BCUT2D eigenvalue weighted by molar-refractivity contribution is 0.0000271. The maximum absolute atomic E-state index is 9.36. The Morgan fingerprint density at radius 1 is 0.833 bits per heavy atom. The van der Waals surface area contributed by atoms with Crippen molar-refractivity contribution in [2.45, 2.75) is 12.7 Å². The third kappa shape index (κ3) is 3.33. The fraction of sp³-hybridized carbons (Fsp3) is 0.160. The minimum Gasteiger partial charge on any atom is -0.394 e. The zero-order valence-electron chi connectivity index (χ0n) is 16.4. The Balaban J connectivity index is 1.53. The van der Waals surface area contributed by atoms with Gasteiger partial charge in [0.2, 0.25) is 0 Å². The lowest BCUT2D eigenvalue weighted by Crippen LogP contribution is -2.19. The van der Waals surface area contributed by atoms with Gasteiger partial charge < -0.3 is 19.9 Å². The Bertz CT molecular complexity index is 1250. The van der Waals surface area contributed by atoms with Crippen molar-refractivity contribution < 1.29 is 14.9 Å². The molecule has 0 spiro atoms. The molecule has 0 aliphatic carbocycles. The molecule has 0 aliphatic rings. The van der Waals surface area contributed by atoms with Gasteiger partial charge in [-0.1, -0.05) is 72.8 Å². The molecule has 3 N–H and O–H groups in total. The van der Waals surface area contributed by atoms with Crippen LogP contribution in [0.1, 0.15) is 5.56 Å². The summed E-state index contributed by atoms with van der Waals surface area (Å²) in [7, 11) is 0. The van der Waals surface area contributed by atoms with Gasteiger partial charge in [-0.25, -0.2) is 4.98 Å². The van der Waals surface area contributed by atoms with E-state index in [9.17, 15) is 5.11 Å². The highest BCUT2D eigenvalue weighted by atomic mass is 16.5. The van der Waals surface area contributed by atoms with Crippen molar-refractivity contribution in [2.75, 3.05) is 13.2 Å². The summed E-state index contributed by atoms with van der Waals surface area (Å²) in [6.45, 7) is 0.197. The van der Waals surface area contributed by atoms with Crippen LogP contribution in [0.4, 0.5) is 0 Å². The Morgan fingerprint density at radius 2 is 1.47 bits per heavy atom. The number of aliphatic hydroxyl groups excluding tert-OH is 2. The van der Waals surface area contributed by atoms with Crippen molar-refractivity contribution in [1.29, 1.82) is 0 Å². The molecule has 0 amide bonds.